The number of aromatic nitrogens is 2. The van der Waals surface area contributed by atoms with E-state index < -0.39 is 0 Å². The van der Waals surface area contributed by atoms with E-state index in [-0.39, 0.29) is 18.1 Å². The third-order valence-electron chi connectivity index (χ3n) is 9.72. The normalized spacial score (nSPS) is 13.3. The van der Waals surface area contributed by atoms with Crippen molar-refractivity contribution < 1.29 is 9.59 Å². The van der Waals surface area contributed by atoms with Crippen molar-refractivity contribution in [2.75, 3.05) is 44.3 Å². The smallest absolute Gasteiger partial charge is 0.256 e. The number of benzene rings is 4. The Morgan fingerprint density at radius 2 is 1.50 bits per heavy atom. The molecule has 1 fully saturated rings. The predicted molar refractivity (Wildman–Crippen MR) is 213 cm³/mol. The molecule has 1 saturated heterocycles. The predicted octanol–water partition coefficient (Wildman–Crippen LogP) is 8.71. The Morgan fingerprint density at radius 3 is 2.31 bits per heavy atom. The minimum atomic E-state index is -0.157. The quantitative estimate of drug-likeness (QED) is 0.0845. The third kappa shape index (κ3) is 9.12. The van der Waals surface area contributed by atoms with Crippen LogP contribution >= 0.6 is 11.8 Å². The summed E-state index contributed by atoms with van der Waals surface area (Å²) in [5.41, 5.74) is 4.21. The number of fused-ring (bicyclic) bond motifs is 2. The largest absolute Gasteiger partial charge is 0.306 e. The van der Waals surface area contributed by atoms with Crippen LogP contribution in [-0.4, -0.2) is 70.4 Å². The summed E-state index contributed by atoms with van der Waals surface area (Å²) >= 11 is 1.70. The monoisotopic (exact) mass is 707 g/mol. The van der Waals surface area contributed by atoms with Crippen molar-refractivity contribution in [3.05, 3.63) is 143 Å². The first-order chi connectivity index (χ1) is 25.5. The Kier molecular flexibility index (Phi) is 11.7. The molecular weight excluding hydrogens is 663 g/mol. The number of carbonyl (C=O) groups excluding carboxylic acids is 2. The van der Waals surface area contributed by atoms with Crippen molar-refractivity contribution in [1.29, 1.82) is 0 Å². The van der Waals surface area contributed by atoms with E-state index >= 15 is 0 Å². The fourth-order valence-corrected chi connectivity index (χ4v) is 7.98. The van der Waals surface area contributed by atoms with Gasteiger partial charge in [0, 0.05) is 46.4 Å². The van der Waals surface area contributed by atoms with E-state index in [9.17, 15) is 9.59 Å². The minimum absolute atomic E-state index is 0.0671. The van der Waals surface area contributed by atoms with Gasteiger partial charge in [-0.25, -0.2) is 9.97 Å². The number of pyridine rings is 2. The Labute approximate surface area is 310 Å². The summed E-state index contributed by atoms with van der Waals surface area (Å²) in [6.45, 7) is 5.02. The topological polar surface area (TPSA) is 78.4 Å². The van der Waals surface area contributed by atoms with Crippen LogP contribution in [0.25, 0.3) is 21.5 Å². The van der Waals surface area contributed by atoms with Gasteiger partial charge in [-0.3, -0.25) is 9.59 Å². The molecule has 3 heterocycles. The van der Waals surface area contributed by atoms with Gasteiger partial charge in [0.1, 0.15) is 5.82 Å². The van der Waals surface area contributed by atoms with Crippen LogP contribution in [-0.2, 0) is 19.4 Å². The van der Waals surface area contributed by atoms with Gasteiger partial charge in [0.15, 0.2) is 5.78 Å². The van der Waals surface area contributed by atoms with Gasteiger partial charge in [-0.2, -0.15) is 0 Å². The zero-order valence-electron chi connectivity index (χ0n) is 29.8. The van der Waals surface area contributed by atoms with Crippen LogP contribution < -0.4 is 5.32 Å². The van der Waals surface area contributed by atoms with E-state index in [1.54, 1.807) is 11.8 Å². The van der Waals surface area contributed by atoms with E-state index in [4.69, 9.17) is 9.97 Å². The fraction of sp³-hybridized carbons (Fsp3) is 0.273. The van der Waals surface area contributed by atoms with Crippen LogP contribution in [0.15, 0.2) is 120 Å². The Hall–Kier alpha value is -4.89. The number of rotatable bonds is 15. The van der Waals surface area contributed by atoms with Crippen molar-refractivity contribution >= 4 is 50.8 Å². The van der Waals surface area contributed by atoms with E-state index in [1.165, 1.54) is 25.9 Å². The van der Waals surface area contributed by atoms with Crippen LogP contribution in [0.2, 0.25) is 0 Å². The van der Waals surface area contributed by atoms with E-state index in [1.807, 2.05) is 84.9 Å². The van der Waals surface area contributed by atoms with Gasteiger partial charge < -0.3 is 15.1 Å². The van der Waals surface area contributed by atoms with Crippen molar-refractivity contribution in [3.63, 3.8) is 0 Å². The summed E-state index contributed by atoms with van der Waals surface area (Å²) in [4.78, 5) is 41.3. The maximum absolute atomic E-state index is 13.6. The lowest BCUT2D eigenvalue weighted by molar-refractivity contribution is 0.0990. The number of nitrogens with one attached hydrogen (secondary N) is 1. The number of thioether (sulfide) groups is 1. The molecule has 1 amide bonds. The molecule has 2 aromatic heterocycles. The number of aryl methyl sites for hydroxylation is 1. The number of ketones is 1. The van der Waals surface area contributed by atoms with E-state index in [0.717, 1.165) is 75.2 Å². The van der Waals surface area contributed by atoms with Crippen LogP contribution in [0.5, 0.6) is 0 Å². The first kappa shape index (κ1) is 35.5. The molecule has 7 nitrogen and oxygen atoms in total. The van der Waals surface area contributed by atoms with Gasteiger partial charge in [0.05, 0.1) is 17.1 Å². The summed E-state index contributed by atoms with van der Waals surface area (Å²) in [5, 5.41) is 8.20. The van der Waals surface area contributed by atoms with Gasteiger partial charge in [-0.15, -0.1) is 11.8 Å². The highest BCUT2D eigenvalue weighted by Gasteiger charge is 2.16. The molecule has 0 saturated carbocycles. The Morgan fingerprint density at radius 1 is 0.788 bits per heavy atom. The second-order valence-corrected chi connectivity index (χ2v) is 14.8. The summed E-state index contributed by atoms with van der Waals surface area (Å²) in [7, 11) is 2.09. The number of Topliss-reactive ketones (excluding diaryl/α,β-unsaturated/α-hetero) is 1. The number of carbonyl (C=O) groups is 2. The Bertz CT molecular complexity index is 2170. The van der Waals surface area contributed by atoms with Gasteiger partial charge in [-0.1, -0.05) is 91.0 Å². The summed E-state index contributed by atoms with van der Waals surface area (Å²) in [6, 6.07) is 37.8. The minimum Gasteiger partial charge on any atom is -0.306 e. The molecular formula is C44H45N5O2S. The number of nitrogens with zero attached hydrogens (tertiary/aromatic N) is 4. The highest BCUT2D eigenvalue weighted by atomic mass is 32.2. The first-order valence-corrected chi connectivity index (χ1v) is 19.3. The van der Waals surface area contributed by atoms with Gasteiger partial charge in [0.25, 0.3) is 5.91 Å². The van der Waals surface area contributed by atoms with E-state index in [0.29, 0.717) is 23.5 Å². The molecule has 0 unspecified atom stereocenters. The number of hydrogen-bond acceptors (Lipinski definition) is 7. The van der Waals surface area contributed by atoms with E-state index in [2.05, 4.69) is 52.5 Å². The fourth-order valence-electron chi connectivity index (χ4n) is 6.99. The molecule has 1 N–H and O–H groups in total. The van der Waals surface area contributed by atoms with Crippen molar-refractivity contribution in [1.82, 2.24) is 19.8 Å². The lowest BCUT2D eigenvalue weighted by atomic mass is 10.0. The second-order valence-electron chi connectivity index (χ2n) is 13.7. The highest BCUT2D eigenvalue weighted by molar-refractivity contribution is 7.99. The molecule has 0 bridgehead atoms. The summed E-state index contributed by atoms with van der Waals surface area (Å²) in [5.74, 6) is 1.36. The molecule has 1 aliphatic heterocycles. The molecule has 7 rings (SSSR count). The molecule has 6 aromatic rings. The first-order valence-electron chi connectivity index (χ1n) is 18.3. The van der Waals surface area contributed by atoms with Crippen LogP contribution in [0.1, 0.15) is 56.9 Å². The third-order valence-corrected chi connectivity index (χ3v) is 10.6. The van der Waals surface area contributed by atoms with Gasteiger partial charge in [-0.05, 0) is 93.0 Å². The zero-order valence-corrected chi connectivity index (χ0v) is 30.6. The van der Waals surface area contributed by atoms with Crippen molar-refractivity contribution in [2.24, 2.45) is 0 Å². The van der Waals surface area contributed by atoms with Crippen LogP contribution in [0.4, 0.5) is 5.82 Å². The highest BCUT2D eigenvalue weighted by Crippen LogP contribution is 2.27. The molecule has 8 heteroatoms. The molecule has 0 spiro atoms. The summed E-state index contributed by atoms with van der Waals surface area (Å²) in [6.07, 6.45) is 4.80. The SMILES string of the molecule is CN(CCSc1cc2ccccc2c(CC(=O)c2ccccc2)n1)Cc1cccc(C(=O)Nc2nc(CCCN3CCCC3)cc3ccccc23)c1. The number of amides is 1. The number of hydrogen-bond donors (Lipinski definition) is 1. The molecule has 0 radical (unpaired) electrons. The Balaban J connectivity index is 0.962. The van der Waals surface area contributed by atoms with Crippen molar-refractivity contribution in [2.45, 2.75) is 43.7 Å². The lowest BCUT2D eigenvalue weighted by Gasteiger charge is -2.17. The molecule has 4 aromatic carbocycles. The number of likely N-dealkylation sites (tertiary alicyclic amines) is 1. The number of anilines is 1. The maximum atomic E-state index is 13.6. The molecule has 0 aliphatic carbocycles. The van der Waals surface area contributed by atoms with Crippen LogP contribution in [0.3, 0.4) is 0 Å². The van der Waals surface area contributed by atoms with Crippen LogP contribution in [0, 0.1) is 0 Å². The molecule has 0 atom stereocenters. The summed E-state index contributed by atoms with van der Waals surface area (Å²) < 4.78 is 0. The second kappa shape index (κ2) is 17.1. The lowest BCUT2D eigenvalue weighted by Crippen LogP contribution is -2.21. The molecule has 1 aliphatic rings. The standard InChI is InChI=1S/C44H45N5O2S/c1-48(25-26-52-42-29-35-17-5-7-20-38(35)40(46-42)30-41(50)33-14-3-2-4-15-33)31-32-13-11-18-36(27-32)44(51)47-43-39-21-8-6-16-34(39)28-37(45-43)19-12-24-49-22-9-10-23-49/h2-8,11,13-18,20-21,27-29H,9-10,12,19,22-26,30-31H2,1H3,(H,45,47,51). The van der Waals surface area contributed by atoms with Gasteiger partial charge >= 0.3 is 0 Å². The average Bonchev–Trinajstić information content (AvgIpc) is 3.69. The maximum Gasteiger partial charge on any atom is 0.256 e. The molecule has 52 heavy (non-hydrogen) atoms. The zero-order chi connectivity index (χ0) is 35.7. The molecule has 264 valence electrons. The average molecular weight is 708 g/mol. The van der Waals surface area contributed by atoms with Crippen molar-refractivity contribution in [3.8, 4) is 0 Å². The van der Waals surface area contributed by atoms with Gasteiger partial charge in [0.2, 0.25) is 0 Å².